The van der Waals surface area contributed by atoms with Crippen LogP contribution in [0, 0.1) is 5.92 Å². The number of carbonyl (C=O) groups excluding carboxylic acids is 2. The molecule has 0 saturated carbocycles. The van der Waals surface area contributed by atoms with Crippen LogP contribution in [0.4, 0.5) is 0 Å². The monoisotopic (exact) mass is 541 g/mol. The van der Waals surface area contributed by atoms with Gasteiger partial charge in [0.05, 0.1) is 20.1 Å². The molecule has 0 aromatic heterocycles. The number of likely N-dealkylation sites (tertiary alicyclic amines) is 2. The second-order valence-corrected chi connectivity index (χ2v) is 11.0. The van der Waals surface area contributed by atoms with Crippen molar-refractivity contribution in [3.05, 3.63) is 95.1 Å². The van der Waals surface area contributed by atoms with Crippen molar-refractivity contribution in [1.29, 1.82) is 0 Å². The molecule has 1 atom stereocenters. The Bertz CT molecular complexity index is 1270. The van der Waals surface area contributed by atoms with Crippen molar-refractivity contribution in [2.45, 2.75) is 37.6 Å². The first-order chi connectivity index (χ1) is 19.4. The summed E-state index contributed by atoms with van der Waals surface area (Å²) in [6.45, 7) is 3.65. The minimum Gasteiger partial charge on any atom is -0.497 e. The van der Waals surface area contributed by atoms with Gasteiger partial charge in [0.2, 0.25) is 5.91 Å². The lowest BCUT2D eigenvalue weighted by Crippen LogP contribution is -2.46. The molecule has 7 nitrogen and oxygen atoms in total. The molecule has 0 aliphatic carbocycles. The van der Waals surface area contributed by atoms with Crippen LogP contribution in [-0.2, 0) is 16.8 Å². The second-order valence-electron chi connectivity index (χ2n) is 11.0. The van der Waals surface area contributed by atoms with Gasteiger partial charge < -0.3 is 20.1 Å². The maximum atomic E-state index is 13.3. The van der Waals surface area contributed by atoms with Crippen LogP contribution in [0.5, 0.6) is 11.5 Å². The van der Waals surface area contributed by atoms with Crippen LogP contribution in [0.3, 0.4) is 0 Å². The molecule has 2 amide bonds. The number of nitrogens with zero attached hydrogens (tertiary/aromatic N) is 2. The zero-order valence-corrected chi connectivity index (χ0v) is 23.5. The Hall–Kier alpha value is -3.84. The first-order valence-corrected chi connectivity index (χ1v) is 14.1. The molecule has 40 heavy (non-hydrogen) atoms. The van der Waals surface area contributed by atoms with Gasteiger partial charge in [0.25, 0.3) is 5.91 Å². The fourth-order valence-corrected chi connectivity index (χ4v) is 6.37. The third kappa shape index (κ3) is 5.85. The number of primary amides is 1. The van der Waals surface area contributed by atoms with E-state index < -0.39 is 0 Å². The van der Waals surface area contributed by atoms with Gasteiger partial charge in [0.15, 0.2) is 0 Å². The molecule has 2 N–H and O–H groups in total. The lowest BCUT2D eigenvalue weighted by atomic mass is 9.69. The predicted molar refractivity (Wildman–Crippen MR) is 156 cm³/mol. The molecule has 2 aliphatic heterocycles. The van der Waals surface area contributed by atoms with Crippen molar-refractivity contribution >= 4 is 11.8 Å². The number of piperidine rings is 2. The molecule has 210 valence electrons. The number of methoxy groups -OCH3 is 2. The number of benzene rings is 3. The van der Waals surface area contributed by atoms with Gasteiger partial charge in [-0.1, -0.05) is 36.4 Å². The number of ether oxygens (including phenoxy) is 2. The molecular formula is C33H39N3O4. The summed E-state index contributed by atoms with van der Waals surface area (Å²) in [6, 6.07) is 24.8. The molecule has 5 rings (SSSR count). The minimum absolute atomic E-state index is 0.0303. The summed E-state index contributed by atoms with van der Waals surface area (Å²) in [4.78, 5) is 29.3. The molecule has 2 saturated heterocycles. The van der Waals surface area contributed by atoms with Gasteiger partial charge in [-0.25, -0.2) is 0 Å². The summed E-state index contributed by atoms with van der Waals surface area (Å²) < 4.78 is 10.9. The number of hydrogen-bond donors (Lipinski definition) is 1. The molecular weight excluding hydrogens is 502 g/mol. The highest BCUT2D eigenvalue weighted by Crippen LogP contribution is 2.42. The molecule has 7 heteroatoms. The van der Waals surface area contributed by atoms with Gasteiger partial charge in [0, 0.05) is 37.2 Å². The molecule has 3 aromatic carbocycles. The second kappa shape index (κ2) is 12.1. The van der Waals surface area contributed by atoms with Crippen molar-refractivity contribution in [2.24, 2.45) is 11.7 Å². The molecule has 0 bridgehead atoms. The van der Waals surface area contributed by atoms with Crippen LogP contribution < -0.4 is 15.2 Å². The fourth-order valence-electron chi connectivity index (χ4n) is 6.37. The van der Waals surface area contributed by atoms with Gasteiger partial charge in [-0.2, -0.15) is 0 Å². The lowest BCUT2D eigenvalue weighted by molar-refractivity contribution is -0.123. The van der Waals surface area contributed by atoms with E-state index in [2.05, 4.69) is 35.2 Å². The van der Waals surface area contributed by atoms with Crippen molar-refractivity contribution in [1.82, 2.24) is 9.80 Å². The number of amides is 2. The molecule has 1 unspecified atom stereocenters. The molecule has 2 fully saturated rings. The lowest BCUT2D eigenvalue weighted by Gasteiger charge is -2.44. The molecule has 2 heterocycles. The van der Waals surface area contributed by atoms with E-state index in [0.717, 1.165) is 62.4 Å². The average molecular weight is 542 g/mol. The summed E-state index contributed by atoms with van der Waals surface area (Å²) in [5, 5.41) is 0. The summed E-state index contributed by atoms with van der Waals surface area (Å²) in [6.07, 6.45) is 3.64. The van der Waals surface area contributed by atoms with Crippen LogP contribution >= 0.6 is 0 Å². The number of nitrogens with two attached hydrogens (primary N) is 1. The first-order valence-electron chi connectivity index (χ1n) is 14.1. The Morgan fingerprint density at radius 2 is 1.55 bits per heavy atom. The molecule has 2 aliphatic rings. The first kappa shape index (κ1) is 27.7. The SMILES string of the molecule is COc1ccc(C2(c3ccc(OC)cc3)CCCN(Cc3cccc(C(=O)N4CCCC(C(N)=O)C4)c3)C2)cc1. The zero-order chi connectivity index (χ0) is 28.1. The highest BCUT2D eigenvalue weighted by Gasteiger charge is 2.39. The fraction of sp³-hybridized carbons (Fsp3) is 0.394. The van der Waals surface area contributed by atoms with E-state index in [0.29, 0.717) is 18.7 Å². The van der Waals surface area contributed by atoms with E-state index in [-0.39, 0.29) is 23.1 Å². The molecule has 0 radical (unpaired) electrons. The minimum atomic E-state index is -0.325. The van der Waals surface area contributed by atoms with E-state index >= 15 is 0 Å². The molecule has 3 aromatic rings. The smallest absolute Gasteiger partial charge is 0.253 e. The quantitative estimate of drug-likeness (QED) is 0.450. The molecule has 0 spiro atoms. The topological polar surface area (TPSA) is 85.1 Å². The highest BCUT2D eigenvalue weighted by atomic mass is 16.5. The average Bonchev–Trinajstić information content (AvgIpc) is 3.01. The Morgan fingerprint density at radius 3 is 2.15 bits per heavy atom. The number of rotatable bonds is 8. The van der Waals surface area contributed by atoms with Crippen molar-refractivity contribution < 1.29 is 19.1 Å². The number of hydrogen-bond acceptors (Lipinski definition) is 5. The Balaban J connectivity index is 1.38. The van der Waals surface area contributed by atoms with Crippen molar-refractivity contribution in [2.75, 3.05) is 40.4 Å². The van der Waals surface area contributed by atoms with Crippen LogP contribution in [0.25, 0.3) is 0 Å². The van der Waals surface area contributed by atoms with Gasteiger partial charge in [0.1, 0.15) is 11.5 Å². The van der Waals surface area contributed by atoms with Crippen LogP contribution in [0.1, 0.15) is 52.7 Å². The van der Waals surface area contributed by atoms with Crippen molar-refractivity contribution in [3.63, 3.8) is 0 Å². The maximum absolute atomic E-state index is 13.3. The third-order valence-corrected chi connectivity index (χ3v) is 8.55. The van der Waals surface area contributed by atoms with E-state index in [1.165, 1.54) is 11.1 Å². The van der Waals surface area contributed by atoms with Gasteiger partial charge >= 0.3 is 0 Å². The Kier molecular flexibility index (Phi) is 8.40. The maximum Gasteiger partial charge on any atom is 0.253 e. The van der Waals surface area contributed by atoms with Crippen LogP contribution in [0.15, 0.2) is 72.8 Å². The summed E-state index contributed by atoms with van der Waals surface area (Å²) in [7, 11) is 3.38. The third-order valence-electron chi connectivity index (χ3n) is 8.55. The van der Waals surface area contributed by atoms with E-state index in [1.54, 1.807) is 19.1 Å². The van der Waals surface area contributed by atoms with E-state index in [1.807, 2.05) is 42.5 Å². The Labute approximate surface area is 236 Å². The summed E-state index contributed by atoms with van der Waals surface area (Å²) in [5.74, 6) is 1.07. The highest BCUT2D eigenvalue weighted by molar-refractivity contribution is 5.94. The van der Waals surface area contributed by atoms with Crippen LogP contribution in [-0.4, -0.2) is 62.0 Å². The Morgan fingerprint density at radius 1 is 0.900 bits per heavy atom. The standard InChI is InChI=1S/C33H39N3O4/c1-39-29-13-9-27(10-14-29)33(28-11-15-30(40-2)16-12-28)17-5-18-35(23-33)21-24-6-3-7-25(20-24)32(38)36-19-4-8-26(22-36)31(34)37/h3,6-7,9-16,20,26H,4-5,8,17-19,21-23H2,1-2H3,(H2,34,37). The van der Waals surface area contributed by atoms with Crippen molar-refractivity contribution in [3.8, 4) is 11.5 Å². The van der Waals surface area contributed by atoms with E-state index in [4.69, 9.17) is 15.2 Å². The van der Waals surface area contributed by atoms with Gasteiger partial charge in [-0.05, 0) is 85.3 Å². The summed E-state index contributed by atoms with van der Waals surface area (Å²) >= 11 is 0. The largest absolute Gasteiger partial charge is 0.497 e. The normalized spacial score (nSPS) is 19.1. The van der Waals surface area contributed by atoms with Crippen LogP contribution in [0.2, 0.25) is 0 Å². The zero-order valence-electron chi connectivity index (χ0n) is 23.5. The summed E-state index contributed by atoms with van der Waals surface area (Å²) in [5.41, 5.74) is 9.66. The van der Waals surface area contributed by atoms with Gasteiger partial charge in [-0.3, -0.25) is 14.5 Å². The van der Waals surface area contributed by atoms with E-state index in [9.17, 15) is 9.59 Å². The number of carbonyl (C=O) groups is 2. The predicted octanol–water partition coefficient (Wildman–Crippen LogP) is 4.62. The van der Waals surface area contributed by atoms with Gasteiger partial charge in [-0.15, -0.1) is 0 Å².